The Kier molecular flexibility index (Phi) is 11.0. The highest BCUT2D eigenvalue weighted by atomic mass is 35.5. The Morgan fingerprint density at radius 3 is 2.35 bits per heavy atom. The number of nitrogens with zero attached hydrogens (tertiary/aromatic N) is 1. The third kappa shape index (κ3) is 9.36. The molecule has 1 N–H and O–H groups in total. The van der Waals surface area contributed by atoms with Crippen LogP contribution in [0, 0.1) is 5.92 Å². The van der Waals surface area contributed by atoms with Crippen LogP contribution in [0.4, 0.5) is 0 Å². The number of amides is 2. The Morgan fingerprint density at radius 1 is 1.03 bits per heavy atom. The lowest BCUT2D eigenvalue weighted by molar-refractivity contribution is -0.140. The van der Waals surface area contributed by atoms with Gasteiger partial charge in [-0.3, -0.25) is 9.59 Å². The predicted octanol–water partition coefficient (Wildman–Crippen LogP) is 5.44. The first-order valence-corrected chi connectivity index (χ1v) is 12.2. The van der Waals surface area contributed by atoms with Crippen LogP contribution >= 0.6 is 23.4 Å². The van der Waals surface area contributed by atoms with E-state index in [1.165, 1.54) is 0 Å². The summed E-state index contributed by atoms with van der Waals surface area (Å²) in [5, 5.41) is 3.68. The van der Waals surface area contributed by atoms with Gasteiger partial charge in [0.05, 0.1) is 0 Å². The Morgan fingerprint density at radius 2 is 1.71 bits per heavy atom. The molecule has 0 spiro atoms. The molecule has 0 aliphatic heterocycles. The smallest absolute Gasteiger partial charge is 0.242 e. The van der Waals surface area contributed by atoms with Crippen molar-refractivity contribution in [2.75, 3.05) is 18.8 Å². The van der Waals surface area contributed by atoms with Crippen LogP contribution in [0.15, 0.2) is 59.5 Å². The zero-order chi connectivity index (χ0) is 22.6. The maximum atomic E-state index is 13.0. The minimum Gasteiger partial charge on any atom is -0.354 e. The molecule has 0 aromatic heterocycles. The monoisotopic (exact) mass is 460 g/mol. The largest absolute Gasteiger partial charge is 0.354 e. The van der Waals surface area contributed by atoms with E-state index in [4.69, 9.17) is 11.6 Å². The predicted molar refractivity (Wildman–Crippen MR) is 131 cm³/mol. The van der Waals surface area contributed by atoms with Crippen molar-refractivity contribution in [1.29, 1.82) is 0 Å². The van der Waals surface area contributed by atoms with Crippen LogP contribution in [0.5, 0.6) is 0 Å². The maximum Gasteiger partial charge on any atom is 0.242 e. The molecule has 0 bridgehead atoms. The number of nitrogens with one attached hydrogen (secondary N) is 1. The summed E-state index contributed by atoms with van der Waals surface area (Å²) in [7, 11) is 0. The molecule has 0 radical (unpaired) electrons. The van der Waals surface area contributed by atoms with Gasteiger partial charge in [0.15, 0.2) is 0 Å². The average Bonchev–Trinajstić information content (AvgIpc) is 2.77. The second kappa shape index (κ2) is 13.4. The second-order valence-electron chi connectivity index (χ2n) is 8.04. The molecule has 0 aliphatic carbocycles. The van der Waals surface area contributed by atoms with E-state index in [9.17, 15) is 9.59 Å². The quantitative estimate of drug-likeness (QED) is 0.338. The minimum absolute atomic E-state index is 0.0276. The lowest BCUT2D eigenvalue weighted by Crippen LogP contribution is -2.49. The molecule has 168 valence electrons. The summed E-state index contributed by atoms with van der Waals surface area (Å²) in [5.41, 5.74) is 1.16. The van der Waals surface area contributed by atoms with Crippen LogP contribution in [0.1, 0.15) is 39.2 Å². The standard InChI is InChI=1S/C25H33ClN2O2S/c1-19(2)18-27-25(30)20(3)28(16-15-21-8-5-4-6-9-21)24(29)10-7-17-31-23-13-11-22(26)12-14-23/h4-6,8-9,11-14,19-20H,7,10,15-18H2,1-3H3,(H,27,30)/t20-/m0/s1. The fraction of sp³-hybridized carbons (Fsp3) is 0.440. The summed E-state index contributed by atoms with van der Waals surface area (Å²) < 4.78 is 0. The molecular weight excluding hydrogens is 428 g/mol. The minimum atomic E-state index is -0.487. The summed E-state index contributed by atoms with van der Waals surface area (Å²) >= 11 is 7.64. The normalized spacial score (nSPS) is 11.9. The summed E-state index contributed by atoms with van der Waals surface area (Å²) in [4.78, 5) is 28.5. The Balaban J connectivity index is 1.92. The fourth-order valence-electron chi connectivity index (χ4n) is 3.11. The highest BCUT2D eigenvalue weighted by Crippen LogP contribution is 2.21. The maximum absolute atomic E-state index is 13.0. The average molecular weight is 461 g/mol. The van der Waals surface area contributed by atoms with Gasteiger partial charge in [0.25, 0.3) is 0 Å². The van der Waals surface area contributed by atoms with Gasteiger partial charge in [-0.25, -0.2) is 0 Å². The highest BCUT2D eigenvalue weighted by Gasteiger charge is 2.25. The summed E-state index contributed by atoms with van der Waals surface area (Å²) in [6, 6.07) is 17.3. The molecular formula is C25H33ClN2O2S. The van der Waals surface area contributed by atoms with Crippen molar-refractivity contribution in [3.63, 3.8) is 0 Å². The first kappa shape index (κ1) is 25.3. The van der Waals surface area contributed by atoms with Crippen LogP contribution < -0.4 is 5.32 Å². The number of carbonyl (C=O) groups is 2. The van der Waals surface area contributed by atoms with Crippen molar-refractivity contribution in [3.8, 4) is 0 Å². The number of halogens is 1. The van der Waals surface area contributed by atoms with Gasteiger partial charge in [-0.1, -0.05) is 55.8 Å². The zero-order valence-corrected chi connectivity index (χ0v) is 20.2. The molecule has 0 heterocycles. The van der Waals surface area contributed by atoms with E-state index in [1.54, 1.807) is 16.7 Å². The van der Waals surface area contributed by atoms with Crippen LogP contribution in [0.2, 0.25) is 5.02 Å². The van der Waals surface area contributed by atoms with Crippen molar-refractivity contribution in [1.82, 2.24) is 10.2 Å². The number of benzene rings is 2. The third-order valence-corrected chi connectivity index (χ3v) is 6.30. The molecule has 6 heteroatoms. The number of thioether (sulfide) groups is 1. The lowest BCUT2D eigenvalue weighted by Gasteiger charge is -2.29. The van der Waals surface area contributed by atoms with E-state index in [0.29, 0.717) is 25.4 Å². The second-order valence-corrected chi connectivity index (χ2v) is 9.65. The Hall–Kier alpha value is -1.98. The number of hydrogen-bond acceptors (Lipinski definition) is 3. The Labute approximate surface area is 195 Å². The van der Waals surface area contributed by atoms with E-state index >= 15 is 0 Å². The first-order chi connectivity index (χ1) is 14.9. The van der Waals surface area contributed by atoms with Gasteiger partial charge in [-0.15, -0.1) is 11.8 Å². The van der Waals surface area contributed by atoms with E-state index in [2.05, 4.69) is 31.3 Å². The van der Waals surface area contributed by atoms with Gasteiger partial charge in [-0.2, -0.15) is 0 Å². The van der Waals surface area contributed by atoms with Crippen molar-refractivity contribution in [2.24, 2.45) is 5.92 Å². The van der Waals surface area contributed by atoms with Crippen molar-refractivity contribution >= 4 is 35.2 Å². The number of rotatable bonds is 12. The van der Waals surface area contributed by atoms with Crippen molar-refractivity contribution in [3.05, 3.63) is 65.2 Å². The summed E-state index contributed by atoms with van der Waals surface area (Å²) in [5.74, 6) is 1.15. The molecule has 1 atom stereocenters. The third-order valence-electron chi connectivity index (χ3n) is 4.95. The van der Waals surface area contributed by atoms with Gasteiger partial charge >= 0.3 is 0 Å². The molecule has 2 amide bonds. The summed E-state index contributed by atoms with van der Waals surface area (Å²) in [6.45, 7) is 7.08. The van der Waals surface area contributed by atoms with Crippen LogP contribution in [0.25, 0.3) is 0 Å². The molecule has 2 rings (SSSR count). The zero-order valence-electron chi connectivity index (χ0n) is 18.6. The molecule has 31 heavy (non-hydrogen) atoms. The molecule has 0 fully saturated rings. The van der Waals surface area contributed by atoms with Crippen LogP contribution in [-0.4, -0.2) is 41.6 Å². The SMILES string of the molecule is CC(C)CNC(=O)[C@H](C)N(CCc1ccccc1)C(=O)CCCSc1ccc(Cl)cc1. The topological polar surface area (TPSA) is 49.4 Å². The van der Waals surface area contributed by atoms with Gasteiger partial charge < -0.3 is 10.2 Å². The molecule has 4 nitrogen and oxygen atoms in total. The molecule has 2 aromatic carbocycles. The van der Waals surface area contributed by atoms with Gasteiger partial charge in [-0.05, 0) is 61.3 Å². The van der Waals surface area contributed by atoms with E-state index < -0.39 is 6.04 Å². The molecule has 0 saturated carbocycles. The molecule has 0 saturated heterocycles. The number of carbonyl (C=O) groups excluding carboxylic acids is 2. The lowest BCUT2D eigenvalue weighted by atomic mass is 10.1. The van der Waals surface area contributed by atoms with Gasteiger partial charge in [0, 0.05) is 29.4 Å². The van der Waals surface area contributed by atoms with Crippen molar-refractivity contribution in [2.45, 2.75) is 51.0 Å². The van der Waals surface area contributed by atoms with Gasteiger partial charge in [0.1, 0.15) is 6.04 Å². The number of hydrogen-bond donors (Lipinski definition) is 1. The fourth-order valence-corrected chi connectivity index (χ4v) is 4.09. The van der Waals surface area contributed by atoms with Crippen molar-refractivity contribution < 1.29 is 9.59 Å². The highest BCUT2D eigenvalue weighted by molar-refractivity contribution is 7.99. The van der Waals surface area contributed by atoms with Crippen LogP contribution in [0.3, 0.4) is 0 Å². The Bertz CT molecular complexity index is 812. The molecule has 2 aromatic rings. The summed E-state index contributed by atoms with van der Waals surface area (Å²) in [6.07, 6.45) is 1.92. The molecule has 0 unspecified atom stereocenters. The van der Waals surface area contributed by atoms with Crippen LogP contribution in [-0.2, 0) is 16.0 Å². The van der Waals surface area contributed by atoms with E-state index in [-0.39, 0.29) is 11.8 Å². The van der Waals surface area contributed by atoms with E-state index in [0.717, 1.165) is 34.1 Å². The molecule has 0 aliphatic rings. The first-order valence-electron chi connectivity index (χ1n) is 10.9. The van der Waals surface area contributed by atoms with E-state index in [1.807, 2.05) is 49.4 Å². The van der Waals surface area contributed by atoms with Gasteiger partial charge in [0.2, 0.25) is 11.8 Å².